The molecule has 0 saturated heterocycles. The van der Waals surface area contributed by atoms with Gasteiger partial charge in [0.1, 0.15) is 12.4 Å². The highest BCUT2D eigenvalue weighted by atomic mass is 16.5. The molecule has 2 aromatic carbocycles. The predicted molar refractivity (Wildman–Crippen MR) is 96.5 cm³/mol. The standard InChI is InChI=1S/C21H21NO3/c1-15-8-10-17(11-9-15)16(2)22-21(23)20-18(12-13-24-20)14-25-19-6-4-3-5-7-19/h3-13,16H,14H2,1-2H3,(H,22,23). The summed E-state index contributed by atoms with van der Waals surface area (Å²) in [7, 11) is 0. The lowest BCUT2D eigenvalue weighted by atomic mass is 10.1. The summed E-state index contributed by atoms with van der Waals surface area (Å²) in [6, 6.07) is 19.2. The van der Waals surface area contributed by atoms with Crippen LogP contribution >= 0.6 is 0 Å². The van der Waals surface area contributed by atoms with Crippen LogP contribution in [0.4, 0.5) is 0 Å². The van der Waals surface area contributed by atoms with E-state index in [-0.39, 0.29) is 24.3 Å². The molecule has 3 aromatic rings. The van der Waals surface area contributed by atoms with Gasteiger partial charge in [-0.05, 0) is 37.6 Å². The van der Waals surface area contributed by atoms with Crippen molar-refractivity contribution in [2.75, 3.05) is 0 Å². The largest absolute Gasteiger partial charge is 0.489 e. The van der Waals surface area contributed by atoms with Gasteiger partial charge in [-0.3, -0.25) is 4.79 Å². The Morgan fingerprint density at radius 2 is 1.80 bits per heavy atom. The summed E-state index contributed by atoms with van der Waals surface area (Å²) in [6.45, 7) is 4.27. The molecule has 0 aliphatic rings. The molecular weight excluding hydrogens is 314 g/mol. The van der Waals surface area contributed by atoms with Gasteiger partial charge in [0.2, 0.25) is 0 Å². The molecule has 1 amide bonds. The number of carbonyl (C=O) groups excluding carboxylic acids is 1. The lowest BCUT2D eigenvalue weighted by molar-refractivity contribution is 0.0908. The molecule has 25 heavy (non-hydrogen) atoms. The zero-order valence-electron chi connectivity index (χ0n) is 14.4. The number of nitrogens with one attached hydrogen (secondary N) is 1. The van der Waals surface area contributed by atoms with Crippen molar-refractivity contribution < 1.29 is 13.9 Å². The Balaban J connectivity index is 1.64. The minimum absolute atomic E-state index is 0.110. The Labute approximate surface area is 147 Å². The third-order valence-electron chi connectivity index (χ3n) is 4.02. The first kappa shape index (κ1) is 16.8. The molecular formula is C21H21NO3. The molecule has 1 aromatic heterocycles. The van der Waals surface area contributed by atoms with Crippen LogP contribution in [0, 0.1) is 6.92 Å². The van der Waals surface area contributed by atoms with E-state index < -0.39 is 0 Å². The highest BCUT2D eigenvalue weighted by Gasteiger charge is 2.18. The second-order valence-electron chi connectivity index (χ2n) is 5.98. The molecule has 4 heteroatoms. The highest BCUT2D eigenvalue weighted by molar-refractivity contribution is 5.93. The fourth-order valence-electron chi connectivity index (χ4n) is 2.53. The SMILES string of the molecule is Cc1ccc(C(C)NC(=O)c2occc2COc2ccccc2)cc1. The lowest BCUT2D eigenvalue weighted by Crippen LogP contribution is -2.27. The quantitative estimate of drug-likeness (QED) is 0.713. The van der Waals surface area contributed by atoms with Crippen LogP contribution in [0.5, 0.6) is 5.75 Å². The van der Waals surface area contributed by atoms with Gasteiger partial charge in [-0.25, -0.2) is 0 Å². The zero-order chi connectivity index (χ0) is 17.6. The molecule has 0 radical (unpaired) electrons. The summed E-state index contributed by atoms with van der Waals surface area (Å²) < 4.78 is 11.1. The zero-order valence-corrected chi connectivity index (χ0v) is 14.4. The number of hydrogen-bond acceptors (Lipinski definition) is 3. The molecule has 0 spiro atoms. The van der Waals surface area contributed by atoms with Gasteiger partial charge >= 0.3 is 0 Å². The van der Waals surface area contributed by atoms with Crippen molar-refractivity contribution in [1.29, 1.82) is 0 Å². The summed E-state index contributed by atoms with van der Waals surface area (Å²) >= 11 is 0. The van der Waals surface area contributed by atoms with Crippen molar-refractivity contribution in [2.24, 2.45) is 0 Å². The van der Waals surface area contributed by atoms with Crippen molar-refractivity contribution in [3.05, 3.63) is 89.4 Å². The molecule has 0 bridgehead atoms. The number of ether oxygens (including phenoxy) is 1. The number of benzene rings is 2. The van der Waals surface area contributed by atoms with E-state index in [0.717, 1.165) is 16.9 Å². The average Bonchev–Trinajstić information content (AvgIpc) is 3.10. The Kier molecular flexibility index (Phi) is 5.19. The van der Waals surface area contributed by atoms with E-state index in [1.165, 1.54) is 11.8 Å². The van der Waals surface area contributed by atoms with Crippen molar-refractivity contribution in [1.82, 2.24) is 5.32 Å². The molecule has 1 N–H and O–H groups in total. The summed E-state index contributed by atoms with van der Waals surface area (Å²) in [4.78, 5) is 12.5. The summed E-state index contributed by atoms with van der Waals surface area (Å²) in [6.07, 6.45) is 1.51. The van der Waals surface area contributed by atoms with Gasteiger partial charge in [0.05, 0.1) is 12.3 Å². The van der Waals surface area contributed by atoms with Crippen LogP contribution in [0.2, 0.25) is 0 Å². The third kappa shape index (κ3) is 4.29. The van der Waals surface area contributed by atoms with Crippen molar-refractivity contribution >= 4 is 5.91 Å². The van der Waals surface area contributed by atoms with Crippen LogP contribution in [0.1, 0.15) is 40.2 Å². The number of carbonyl (C=O) groups is 1. The molecule has 3 rings (SSSR count). The maximum Gasteiger partial charge on any atom is 0.287 e. The number of para-hydroxylation sites is 1. The third-order valence-corrected chi connectivity index (χ3v) is 4.02. The molecule has 0 fully saturated rings. The predicted octanol–water partition coefficient (Wildman–Crippen LogP) is 4.66. The molecule has 0 aliphatic carbocycles. The summed E-state index contributed by atoms with van der Waals surface area (Å²) in [5.41, 5.74) is 2.96. The monoisotopic (exact) mass is 335 g/mol. The van der Waals surface area contributed by atoms with Crippen molar-refractivity contribution in [2.45, 2.75) is 26.5 Å². The van der Waals surface area contributed by atoms with Gasteiger partial charge in [0.25, 0.3) is 5.91 Å². The van der Waals surface area contributed by atoms with Gasteiger partial charge in [-0.2, -0.15) is 0 Å². The fraction of sp³-hybridized carbons (Fsp3) is 0.190. The fourth-order valence-corrected chi connectivity index (χ4v) is 2.53. The average molecular weight is 335 g/mol. The number of aryl methyl sites for hydroxylation is 1. The first-order chi connectivity index (χ1) is 12.1. The first-order valence-corrected chi connectivity index (χ1v) is 8.25. The number of hydrogen-bond donors (Lipinski definition) is 1. The van der Waals surface area contributed by atoms with E-state index in [9.17, 15) is 4.79 Å². The summed E-state index contributed by atoms with van der Waals surface area (Å²) in [5, 5.41) is 2.97. The second kappa shape index (κ2) is 7.71. The van der Waals surface area contributed by atoms with Crippen LogP contribution in [0.3, 0.4) is 0 Å². The number of rotatable bonds is 6. The Morgan fingerprint density at radius 3 is 2.52 bits per heavy atom. The molecule has 1 heterocycles. The topological polar surface area (TPSA) is 51.5 Å². The van der Waals surface area contributed by atoms with Gasteiger partial charge < -0.3 is 14.5 Å². The first-order valence-electron chi connectivity index (χ1n) is 8.25. The molecule has 1 unspecified atom stereocenters. The molecule has 128 valence electrons. The van der Waals surface area contributed by atoms with E-state index in [0.29, 0.717) is 0 Å². The minimum Gasteiger partial charge on any atom is -0.489 e. The molecule has 1 atom stereocenters. The minimum atomic E-state index is -0.246. The number of furan rings is 1. The van der Waals surface area contributed by atoms with Crippen LogP contribution in [-0.2, 0) is 6.61 Å². The van der Waals surface area contributed by atoms with Gasteiger partial charge in [0, 0.05) is 5.56 Å². The van der Waals surface area contributed by atoms with Gasteiger partial charge in [-0.15, -0.1) is 0 Å². The van der Waals surface area contributed by atoms with Crippen molar-refractivity contribution in [3.63, 3.8) is 0 Å². The smallest absolute Gasteiger partial charge is 0.287 e. The van der Waals surface area contributed by atoms with Crippen LogP contribution < -0.4 is 10.1 Å². The summed E-state index contributed by atoms with van der Waals surface area (Å²) in [5.74, 6) is 0.794. The van der Waals surface area contributed by atoms with Gasteiger partial charge in [-0.1, -0.05) is 48.0 Å². The van der Waals surface area contributed by atoms with Crippen molar-refractivity contribution in [3.8, 4) is 5.75 Å². The van der Waals surface area contributed by atoms with Crippen LogP contribution in [-0.4, -0.2) is 5.91 Å². The van der Waals surface area contributed by atoms with E-state index >= 15 is 0 Å². The highest BCUT2D eigenvalue weighted by Crippen LogP contribution is 2.18. The van der Waals surface area contributed by atoms with E-state index in [2.05, 4.69) is 5.32 Å². The van der Waals surface area contributed by atoms with Gasteiger partial charge in [0.15, 0.2) is 5.76 Å². The molecule has 4 nitrogen and oxygen atoms in total. The molecule has 0 aliphatic heterocycles. The van der Waals surface area contributed by atoms with E-state index in [4.69, 9.17) is 9.15 Å². The lowest BCUT2D eigenvalue weighted by Gasteiger charge is -2.14. The maximum atomic E-state index is 12.5. The normalized spacial score (nSPS) is 11.8. The van der Waals surface area contributed by atoms with E-state index in [1.54, 1.807) is 6.07 Å². The Bertz CT molecular complexity index is 822. The maximum absolute atomic E-state index is 12.5. The van der Waals surface area contributed by atoms with Crippen LogP contribution in [0.15, 0.2) is 71.3 Å². The number of amides is 1. The Morgan fingerprint density at radius 1 is 1.08 bits per heavy atom. The van der Waals surface area contributed by atoms with E-state index in [1.807, 2.05) is 68.4 Å². The van der Waals surface area contributed by atoms with Crippen LogP contribution in [0.25, 0.3) is 0 Å². The Hall–Kier alpha value is -3.01. The second-order valence-corrected chi connectivity index (χ2v) is 5.98. The molecule has 0 saturated carbocycles.